The second-order valence-electron chi connectivity index (χ2n) is 35.5. The quantitative estimate of drug-likeness (QED) is 0.151. The maximum absolute atomic E-state index is 6.42. The lowest BCUT2D eigenvalue weighted by Gasteiger charge is -2.40. The van der Waals surface area contributed by atoms with Gasteiger partial charge in [0.05, 0.1) is 22.2 Å². The van der Waals surface area contributed by atoms with Gasteiger partial charge in [0.2, 0.25) is 0 Å². The van der Waals surface area contributed by atoms with Crippen LogP contribution in [0.4, 0.5) is 34.1 Å². The Morgan fingerprint density at radius 1 is 0.222 bits per heavy atom. The molecule has 4 aliphatic carbocycles. The Balaban J connectivity index is 0.000000134. The Morgan fingerprint density at radius 3 is 1.22 bits per heavy atom. The molecule has 0 N–H and O–H groups in total. The number of furan rings is 1. The summed E-state index contributed by atoms with van der Waals surface area (Å²) in [4.78, 5) is 10.3. The fourth-order valence-corrected chi connectivity index (χ4v) is 26.6. The summed E-state index contributed by atoms with van der Waals surface area (Å²) in [6, 6.07) is 155. The minimum atomic E-state index is -0.494. The Morgan fingerprint density at radius 2 is 0.611 bits per heavy atom. The van der Waals surface area contributed by atoms with Crippen LogP contribution in [-0.4, -0.2) is 0 Å². The van der Waals surface area contributed by atoms with Crippen molar-refractivity contribution in [1.82, 2.24) is 0 Å². The first kappa shape index (κ1) is 73.3. The van der Waals surface area contributed by atoms with Gasteiger partial charge in [-0.05, 0) is 248 Å². The number of fused-ring (bicyclic) bond motifs is 31. The first-order chi connectivity index (χ1) is 62.0. The maximum atomic E-state index is 6.42. The average Bonchev–Trinajstić information content (AvgIpc) is 1.50. The zero-order valence-corrected chi connectivity index (χ0v) is 72.2. The van der Waals surface area contributed by atoms with Crippen LogP contribution in [0.3, 0.4) is 0 Å². The van der Waals surface area contributed by atoms with E-state index >= 15 is 0 Å². The molecule has 0 radical (unpaired) electrons. The van der Waals surface area contributed by atoms with Crippen molar-refractivity contribution < 1.29 is 4.42 Å². The summed E-state index contributed by atoms with van der Waals surface area (Å²) in [5.74, 6) is 0. The van der Waals surface area contributed by atoms with E-state index in [2.05, 4.69) is 444 Å². The zero-order valence-electron chi connectivity index (χ0n) is 69.8. The van der Waals surface area contributed by atoms with Crippen LogP contribution in [0.15, 0.2) is 437 Å². The molecule has 2 aromatic heterocycles. The third kappa shape index (κ3) is 10.3. The van der Waals surface area contributed by atoms with Crippen molar-refractivity contribution in [1.29, 1.82) is 0 Å². The van der Waals surface area contributed by atoms with Crippen molar-refractivity contribution in [2.24, 2.45) is 0 Å². The number of nitrogens with zero attached hydrogens (tertiary/aromatic N) is 2. The van der Waals surface area contributed by atoms with Gasteiger partial charge in [0.1, 0.15) is 11.2 Å². The van der Waals surface area contributed by atoms with Crippen LogP contribution in [0, 0.1) is 0 Å². The molecule has 0 unspecified atom stereocenters. The molecule has 6 heteroatoms. The summed E-state index contributed by atoms with van der Waals surface area (Å²) < 4.78 is 9.02. The monoisotopic (exact) mass is 1660 g/mol. The van der Waals surface area contributed by atoms with Gasteiger partial charge in [-0.1, -0.05) is 355 Å². The molecule has 2 aliphatic heterocycles. The molecule has 594 valence electrons. The topological polar surface area (TPSA) is 19.6 Å². The van der Waals surface area contributed by atoms with E-state index in [4.69, 9.17) is 4.42 Å². The van der Waals surface area contributed by atoms with Crippen molar-refractivity contribution in [3.8, 4) is 66.8 Å². The second-order valence-corrected chi connectivity index (χ2v) is 38.7. The molecule has 0 atom stereocenters. The summed E-state index contributed by atoms with van der Waals surface area (Å²) in [6.07, 6.45) is 0. The van der Waals surface area contributed by atoms with E-state index in [1.807, 2.05) is 40.9 Å². The van der Waals surface area contributed by atoms with Gasteiger partial charge < -0.3 is 14.2 Å². The molecule has 4 heterocycles. The van der Waals surface area contributed by atoms with Gasteiger partial charge in [0.25, 0.3) is 0 Å². The summed E-state index contributed by atoms with van der Waals surface area (Å²) in [6.45, 7) is 9.56. The Hall–Kier alpha value is -14.2. The van der Waals surface area contributed by atoms with E-state index in [1.165, 1.54) is 190 Å². The van der Waals surface area contributed by atoms with Crippen LogP contribution in [0.5, 0.6) is 0 Å². The van der Waals surface area contributed by atoms with E-state index in [0.717, 1.165) is 50.4 Å². The lowest BCUT2D eigenvalue weighted by Crippen LogP contribution is -2.32. The summed E-state index contributed by atoms with van der Waals surface area (Å²) in [7, 11) is 0. The van der Waals surface area contributed by atoms with Crippen molar-refractivity contribution in [2.45, 2.75) is 68.9 Å². The summed E-state index contributed by atoms with van der Waals surface area (Å²) in [5.41, 5.74) is 39.0. The average molecular weight is 1660 g/mol. The lowest BCUT2D eigenvalue weighted by molar-refractivity contribution is 0.660. The highest BCUT2D eigenvalue weighted by atomic mass is 32.2. The molecule has 0 saturated heterocycles. The molecule has 0 saturated carbocycles. The van der Waals surface area contributed by atoms with E-state index in [0.29, 0.717) is 0 Å². The van der Waals surface area contributed by atoms with E-state index in [1.54, 1.807) is 0 Å². The zero-order chi connectivity index (χ0) is 83.5. The fourth-order valence-electron chi connectivity index (χ4n) is 23.1. The number of hydrogen-bond donors (Lipinski definition) is 0. The molecular weight excluding hydrogens is 1580 g/mol. The normalized spacial score (nSPS) is 14.5. The van der Waals surface area contributed by atoms with Gasteiger partial charge >= 0.3 is 0 Å². The molecule has 19 aromatic carbocycles. The molecule has 0 bridgehead atoms. The smallest absolute Gasteiger partial charge is 0.136 e. The van der Waals surface area contributed by atoms with Crippen molar-refractivity contribution >= 4 is 122 Å². The van der Waals surface area contributed by atoms with Gasteiger partial charge in [0, 0.05) is 89.5 Å². The highest BCUT2D eigenvalue weighted by molar-refractivity contribution is 7.99. The molecule has 2 spiro atoms. The number of hydrogen-bond acceptors (Lipinski definition) is 6. The summed E-state index contributed by atoms with van der Waals surface area (Å²) >= 11 is 5.67. The highest BCUT2D eigenvalue weighted by Gasteiger charge is 2.53. The van der Waals surface area contributed by atoms with Crippen molar-refractivity contribution in [2.75, 3.05) is 9.80 Å². The maximum Gasteiger partial charge on any atom is 0.136 e. The molecule has 0 amide bonds. The van der Waals surface area contributed by atoms with Gasteiger partial charge in [-0.3, -0.25) is 0 Å². The van der Waals surface area contributed by atoms with E-state index in [9.17, 15) is 0 Å². The van der Waals surface area contributed by atoms with Gasteiger partial charge in [-0.2, -0.15) is 0 Å². The molecular formula is C120H80N2OS3. The Kier molecular flexibility index (Phi) is 16.1. The van der Waals surface area contributed by atoms with Gasteiger partial charge in [-0.15, -0.1) is 11.3 Å². The first-order valence-corrected chi connectivity index (χ1v) is 46.2. The minimum absolute atomic E-state index is 0.164. The molecule has 21 aromatic rings. The Labute approximate surface area is 745 Å². The third-order valence-electron chi connectivity index (χ3n) is 28.5. The molecule has 126 heavy (non-hydrogen) atoms. The predicted molar refractivity (Wildman–Crippen MR) is 529 cm³/mol. The van der Waals surface area contributed by atoms with Crippen LogP contribution in [-0.2, 0) is 21.7 Å². The largest absolute Gasteiger partial charge is 0.456 e. The van der Waals surface area contributed by atoms with E-state index in [-0.39, 0.29) is 10.8 Å². The molecule has 6 aliphatic rings. The van der Waals surface area contributed by atoms with Crippen LogP contribution >= 0.6 is 34.9 Å². The number of anilines is 6. The van der Waals surface area contributed by atoms with Crippen LogP contribution in [0.1, 0.15) is 94.5 Å². The minimum Gasteiger partial charge on any atom is -0.456 e. The number of benzene rings is 19. The highest BCUT2D eigenvalue weighted by Crippen LogP contribution is 2.67. The number of rotatable bonds is 8. The number of thiophene rings is 1. The molecule has 3 nitrogen and oxygen atoms in total. The van der Waals surface area contributed by atoms with Crippen molar-refractivity contribution in [3.05, 3.63) is 479 Å². The fraction of sp³-hybridized carbons (Fsp3) is 0.0667. The van der Waals surface area contributed by atoms with E-state index < -0.39 is 10.8 Å². The summed E-state index contributed by atoms with van der Waals surface area (Å²) in [5, 5.41) is 7.24. The molecule has 27 rings (SSSR count). The van der Waals surface area contributed by atoms with Crippen LogP contribution in [0.2, 0.25) is 0 Å². The second kappa shape index (κ2) is 27.6. The molecule has 0 fully saturated rings. The van der Waals surface area contributed by atoms with Gasteiger partial charge in [0.15, 0.2) is 0 Å². The van der Waals surface area contributed by atoms with Crippen LogP contribution < -0.4 is 9.80 Å². The third-order valence-corrected chi connectivity index (χ3v) is 31.9. The SMILES string of the molecule is CC1(C)c2cc(N(c3ccc4c(c3)C3(c5ccccc5S4)c4ccccc4-c4ccccc43)c3cccc4sc5ccccc5c34)ccc2-c2c(-c3ccccc3)cccc21.CC1(C)c2ccccc2-c2ccc(N(c3ccc4c(c3)C3(c5ccccc5S4)c4ccccc4-c4ccccc43)c3ccc(-c4cccc5oc6ccccc6c45)c4ccccc34)cc21. The standard InChI is InChI=1S/C62H41NOS.C58H39NS2/c1-61(2)49-23-9-5-17-42(49)45-32-30-38(36-53(45)61)63(55-34-33-41(40-16-3-4-20-46(40)55)47-22-15-28-57-60(47)48-21-8-13-27-56(48)64-57)39-31-35-59-54(37-39)62(52-26-12-14-29-58(52)65-59)50-24-10-6-18-43(50)44-19-7-11-25-51(44)62;1-57(2)47-25-14-21-39(36-16-4-3-5-17-36)55(47)42-32-30-37(34-48(42)57)59(50-26-15-29-54-56(50)43-20-8-12-27-51(43)60-54)38-31-33-53-49(35-38)58(46-24-11-13-28-52(46)61-53)44-22-9-6-18-40(44)41-19-7-10-23-45(41)58/h3-37H,1-2H3;3-35H,1-2H3. The van der Waals surface area contributed by atoms with Crippen molar-refractivity contribution in [3.63, 3.8) is 0 Å². The van der Waals surface area contributed by atoms with Crippen LogP contribution in [0.25, 0.3) is 120 Å². The predicted octanol–water partition coefficient (Wildman–Crippen LogP) is 33.3. The Bertz CT molecular complexity index is 8130. The lowest BCUT2D eigenvalue weighted by atomic mass is 9.67. The first-order valence-electron chi connectivity index (χ1n) is 43.8. The number of para-hydroxylation sites is 1. The van der Waals surface area contributed by atoms with Gasteiger partial charge in [-0.25, -0.2) is 0 Å².